The molecule has 2 heterocycles. The Bertz CT molecular complexity index is 806. The van der Waals surface area contributed by atoms with E-state index in [1.807, 2.05) is 24.9 Å². The van der Waals surface area contributed by atoms with Gasteiger partial charge in [0.05, 0.1) is 6.61 Å². The molecule has 3 aliphatic rings. The summed E-state index contributed by atoms with van der Waals surface area (Å²) in [5.41, 5.74) is 3.28. The number of carbonyl (C=O) groups excluding carboxylic acids is 1. The molecule has 2 atom stereocenters. The van der Waals surface area contributed by atoms with Crippen molar-refractivity contribution in [1.29, 1.82) is 0 Å². The van der Waals surface area contributed by atoms with Gasteiger partial charge < -0.3 is 19.4 Å². The van der Waals surface area contributed by atoms with Crippen LogP contribution in [0.25, 0.3) is 0 Å². The molecule has 170 valence electrons. The smallest absolute Gasteiger partial charge is 0.409 e. The second-order valence-corrected chi connectivity index (χ2v) is 9.29. The second-order valence-electron chi connectivity index (χ2n) is 9.29. The highest BCUT2D eigenvalue weighted by Crippen LogP contribution is 2.39. The highest BCUT2D eigenvalue weighted by Gasteiger charge is 2.35. The van der Waals surface area contributed by atoms with Gasteiger partial charge in [-0.1, -0.05) is 25.5 Å². The van der Waals surface area contributed by atoms with Crippen molar-refractivity contribution < 1.29 is 13.9 Å². The molecule has 5 nitrogen and oxygen atoms in total. The van der Waals surface area contributed by atoms with Crippen LogP contribution in [0.5, 0.6) is 0 Å². The van der Waals surface area contributed by atoms with Gasteiger partial charge in [0.1, 0.15) is 5.82 Å². The normalized spacial score (nSPS) is 25.3. The first-order valence-electron chi connectivity index (χ1n) is 11.9. The van der Waals surface area contributed by atoms with Crippen molar-refractivity contribution in [2.75, 3.05) is 31.6 Å². The van der Waals surface area contributed by atoms with Crippen LogP contribution in [0.15, 0.2) is 30.5 Å². The molecule has 1 aromatic carbocycles. The lowest BCUT2D eigenvalue weighted by atomic mass is 9.97. The number of hydrogen-bond donors (Lipinski definition) is 0. The molecule has 1 amide bonds. The molecular formula is C25H36FN3O2. The van der Waals surface area contributed by atoms with Crippen molar-refractivity contribution in [3.63, 3.8) is 0 Å². The number of benzene rings is 1. The first-order valence-corrected chi connectivity index (χ1v) is 11.9. The van der Waals surface area contributed by atoms with E-state index in [2.05, 4.69) is 16.4 Å². The van der Waals surface area contributed by atoms with Gasteiger partial charge in [-0.25, -0.2) is 9.18 Å². The average Bonchev–Trinajstić information content (AvgIpc) is 2.92. The number of hydrogen-bond acceptors (Lipinski definition) is 4. The molecule has 0 radical (unpaired) electrons. The quantitative estimate of drug-likeness (QED) is 0.634. The van der Waals surface area contributed by atoms with Crippen LogP contribution in [0.1, 0.15) is 57.4 Å². The molecule has 1 saturated carbocycles. The third kappa shape index (κ3) is 4.74. The first-order chi connectivity index (χ1) is 15.0. The number of nitrogens with zero attached hydrogens (tertiary/aromatic N) is 3. The van der Waals surface area contributed by atoms with Crippen molar-refractivity contribution in [3.05, 3.63) is 41.9 Å². The lowest BCUT2D eigenvalue weighted by Gasteiger charge is -2.42. The van der Waals surface area contributed by atoms with Gasteiger partial charge in [0, 0.05) is 56.1 Å². The maximum absolute atomic E-state index is 13.9. The number of anilines is 1. The number of ether oxygens (including phenoxy) is 1. The van der Waals surface area contributed by atoms with E-state index in [0.717, 1.165) is 63.0 Å². The average molecular weight is 430 g/mol. The van der Waals surface area contributed by atoms with Crippen molar-refractivity contribution >= 4 is 11.8 Å². The first kappa shape index (κ1) is 22.1. The van der Waals surface area contributed by atoms with Gasteiger partial charge >= 0.3 is 6.09 Å². The monoisotopic (exact) mass is 429 g/mol. The third-order valence-electron chi connectivity index (χ3n) is 7.40. The molecule has 2 aliphatic heterocycles. The Morgan fingerprint density at radius 1 is 1.19 bits per heavy atom. The van der Waals surface area contributed by atoms with Gasteiger partial charge in [-0.05, 0) is 56.7 Å². The van der Waals surface area contributed by atoms with Crippen molar-refractivity contribution in [2.45, 2.75) is 76.4 Å². The lowest BCUT2D eigenvalue weighted by molar-refractivity contribution is 0.0833. The van der Waals surface area contributed by atoms with E-state index in [0.29, 0.717) is 18.7 Å². The number of fused-ring (bicyclic) bond motifs is 1. The molecule has 6 heteroatoms. The number of halogens is 1. The van der Waals surface area contributed by atoms with Crippen LogP contribution in [-0.4, -0.2) is 60.8 Å². The Kier molecular flexibility index (Phi) is 6.85. The summed E-state index contributed by atoms with van der Waals surface area (Å²) < 4.78 is 19.1. The number of carbonyl (C=O) groups is 1. The molecule has 0 aromatic heterocycles. The second kappa shape index (κ2) is 9.60. The predicted octanol–water partition coefficient (Wildman–Crippen LogP) is 4.96. The van der Waals surface area contributed by atoms with Gasteiger partial charge in [0.15, 0.2) is 0 Å². The number of amides is 1. The molecule has 1 aliphatic carbocycles. The molecule has 0 bridgehead atoms. The minimum Gasteiger partial charge on any atom is -0.450 e. The Hall–Kier alpha value is -2.08. The Morgan fingerprint density at radius 3 is 2.68 bits per heavy atom. The minimum atomic E-state index is -0.203. The Labute approximate surface area is 185 Å². The van der Waals surface area contributed by atoms with Gasteiger partial charge in [-0.3, -0.25) is 0 Å². The topological polar surface area (TPSA) is 36.0 Å². The fourth-order valence-corrected chi connectivity index (χ4v) is 5.72. The molecular weight excluding hydrogens is 393 g/mol. The van der Waals surface area contributed by atoms with Gasteiger partial charge in [-0.2, -0.15) is 0 Å². The molecule has 0 spiro atoms. The summed E-state index contributed by atoms with van der Waals surface area (Å²) in [6, 6.07) is 6.26. The SMILES string of the molecule is C=C1Cc2ccc(F)cc2N1C1CCN([C@H]2CCCC[C@@H](N(C)C(=O)OCC)C2)CC1. The van der Waals surface area contributed by atoms with Crippen LogP contribution < -0.4 is 4.90 Å². The summed E-state index contributed by atoms with van der Waals surface area (Å²) in [7, 11) is 1.88. The van der Waals surface area contributed by atoms with Crippen LogP contribution in [0.2, 0.25) is 0 Å². The highest BCUT2D eigenvalue weighted by molar-refractivity contribution is 5.67. The van der Waals surface area contributed by atoms with Crippen molar-refractivity contribution in [1.82, 2.24) is 9.80 Å². The van der Waals surface area contributed by atoms with E-state index < -0.39 is 0 Å². The zero-order valence-electron chi connectivity index (χ0n) is 19.0. The summed E-state index contributed by atoms with van der Waals surface area (Å²) in [4.78, 5) is 19.0. The summed E-state index contributed by atoms with van der Waals surface area (Å²) >= 11 is 0. The maximum atomic E-state index is 13.9. The third-order valence-corrected chi connectivity index (χ3v) is 7.40. The molecule has 2 fully saturated rings. The number of rotatable bonds is 4. The zero-order valence-corrected chi connectivity index (χ0v) is 19.0. The summed E-state index contributed by atoms with van der Waals surface area (Å²) in [6.07, 6.45) is 8.38. The lowest BCUT2D eigenvalue weighted by Crippen LogP contribution is -2.49. The van der Waals surface area contributed by atoms with E-state index in [-0.39, 0.29) is 18.0 Å². The summed E-state index contributed by atoms with van der Waals surface area (Å²) in [5, 5.41) is 0. The Balaban J connectivity index is 1.38. The van der Waals surface area contributed by atoms with E-state index >= 15 is 0 Å². The molecule has 0 unspecified atom stereocenters. The highest BCUT2D eigenvalue weighted by atomic mass is 19.1. The fraction of sp³-hybridized carbons (Fsp3) is 0.640. The van der Waals surface area contributed by atoms with Crippen LogP contribution in [0, 0.1) is 5.82 Å². The number of likely N-dealkylation sites (tertiary alicyclic amines) is 1. The molecule has 31 heavy (non-hydrogen) atoms. The fourth-order valence-electron chi connectivity index (χ4n) is 5.72. The molecule has 4 rings (SSSR count). The standard InChI is InChI=1S/C25H36FN3O2/c1-4-31-25(30)27(3)22-7-5-6-8-23(17-22)28-13-11-21(12-14-28)29-18(2)15-19-9-10-20(26)16-24(19)29/h9-10,16,21-23H,2,4-8,11-15,17H2,1,3H3/t22-,23+/m1/s1. The largest absolute Gasteiger partial charge is 0.450 e. The minimum absolute atomic E-state index is 0.175. The number of piperidine rings is 1. The van der Waals surface area contributed by atoms with Crippen molar-refractivity contribution in [2.24, 2.45) is 0 Å². The van der Waals surface area contributed by atoms with Crippen molar-refractivity contribution in [3.8, 4) is 0 Å². The van der Waals surface area contributed by atoms with Crippen LogP contribution >= 0.6 is 0 Å². The van der Waals surface area contributed by atoms with Gasteiger partial charge in [-0.15, -0.1) is 0 Å². The van der Waals surface area contributed by atoms with Gasteiger partial charge in [0.25, 0.3) is 0 Å². The Morgan fingerprint density at radius 2 is 1.94 bits per heavy atom. The van der Waals surface area contributed by atoms with E-state index in [9.17, 15) is 9.18 Å². The summed E-state index contributed by atoms with van der Waals surface area (Å²) in [6.45, 7) is 8.63. The van der Waals surface area contributed by atoms with Crippen LogP contribution in [-0.2, 0) is 11.2 Å². The van der Waals surface area contributed by atoms with E-state index in [1.165, 1.54) is 18.4 Å². The molecule has 0 N–H and O–H groups in total. The van der Waals surface area contributed by atoms with E-state index in [4.69, 9.17) is 4.74 Å². The van der Waals surface area contributed by atoms with E-state index in [1.54, 1.807) is 12.1 Å². The molecule has 1 saturated heterocycles. The van der Waals surface area contributed by atoms with Crippen LogP contribution in [0.4, 0.5) is 14.9 Å². The molecule has 1 aromatic rings. The van der Waals surface area contributed by atoms with Gasteiger partial charge in [0.2, 0.25) is 0 Å². The maximum Gasteiger partial charge on any atom is 0.409 e. The van der Waals surface area contributed by atoms with Crippen LogP contribution in [0.3, 0.4) is 0 Å². The number of allylic oxidation sites excluding steroid dienone is 1. The zero-order chi connectivity index (χ0) is 22.0. The summed E-state index contributed by atoms with van der Waals surface area (Å²) in [5.74, 6) is -0.175. The predicted molar refractivity (Wildman–Crippen MR) is 122 cm³/mol.